The number of fused-ring (bicyclic) bond motifs is 2. The Morgan fingerprint density at radius 1 is 1.05 bits per heavy atom. The van der Waals surface area contributed by atoms with E-state index in [1.165, 1.54) is 11.5 Å². The minimum atomic E-state index is -1.13. The first-order valence-electron chi connectivity index (χ1n) is 5.87. The van der Waals surface area contributed by atoms with E-state index in [2.05, 4.69) is 8.77 Å². The van der Waals surface area contributed by atoms with Crippen molar-refractivity contribution >= 4 is 38.8 Å². The molecule has 1 aliphatic rings. The second-order valence-electron chi connectivity index (χ2n) is 4.05. The second-order valence-corrected chi connectivity index (χ2v) is 6.05. The Balaban J connectivity index is 0.000000121. The van der Waals surface area contributed by atoms with Gasteiger partial charge in [0.15, 0.2) is 11.0 Å². The summed E-state index contributed by atoms with van der Waals surface area (Å²) in [4.78, 5) is 11.8. The van der Waals surface area contributed by atoms with E-state index in [-0.39, 0.29) is 5.56 Å². The summed E-state index contributed by atoms with van der Waals surface area (Å²) in [5.74, 6) is 0. The summed E-state index contributed by atoms with van der Waals surface area (Å²) in [6.07, 6.45) is 1.64. The van der Waals surface area contributed by atoms with Gasteiger partial charge in [-0.25, -0.2) is 4.21 Å². The maximum atomic E-state index is 11.0. The van der Waals surface area contributed by atoms with Gasteiger partial charge in [-0.3, -0.25) is 9.17 Å². The average molecular weight is 302 g/mol. The highest BCUT2D eigenvalue weighted by atomic mass is 32.2. The summed E-state index contributed by atoms with van der Waals surface area (Å²) in [6.45, 7) is 0. The molecular weight excluding hydrogens is 292 g/mol. The quantitative estimate of drug-likeness (QED) is 0.694. The van der Waals surface area contributed by atoms with Gasteiger partial charge < -0.3 is 0 Å². The number of rotatable bonds is 0. The molecule has 0 saturated heterocycles. The van der Waals surface area contributed by atoms with Crippen LogP contribution < -0.4 is 5.56 Å². The number of nitrogens with zero attached hydrogens (tertiary/aromatic N) is 1. The summed E-state index contributed by atoms with van der Waals surface area (Å²) < 4.78 is 18.4. The van der Waals surface area contributed by atoms with Crippen LogP contribution in [-0.4, -0.2) is 14.8 Å². The number of benzene rings is 2. The monoisotopic (exact) mass is 302 g/mol. The highest BCUT2D eigenvalue weighted by Crippen LogP contribution is 2.17. The molecule has 1 aromatic heterocycles. The third-order valence-corrected chi connectivity index (χ3v) is 4.69. The minimum Gasteiger partial charge on any atom is -0.277 e. The van der Waals surface area contributed by atoms with Crippen molar-refractivity contribution in [1.29, 1.82) is 0 Å². The van der Waals surface area contributed by atoms with E-state index in [0.717, 1.165) is 20.5 Å². The molecule has 100 valence electrons. The number of aromatic amines is 1. The Morgan fingerprint density at radius 3 is 2.60 bits per heavy atom. The van der Waals surface area contributed by atoms with Crippen LogP contribution in [0.3, 0.4) is 0 Å². The molecule has 0 amide bonds. The molecule has 6 heteroatoms. The zero-order valence-corrected chi connectivity index (χ0v) is 11.9. The summed E-state index contributed by atoms with van der Waals surface area (Å²) >= 11 is 1.38. The van der Waals surface area contributed by atoms with Crippen LogP contribution in [0.15, 0.2) is 62.6 Å². The first kappa shape index (κ1) is 13.0. The van der Waals surface area contributed by atoms with Crippen LogP contribution in [0.2, 0.25) is 0 Å². The second kappa shape index (κ2) is 5.52. The molecule has 4 nitrogen and oxygen atoms in total. The van der Waals surface area contributed by atoms with Gasteiger partial charge in [0.1, 0.15) is 0 Å². The number of hydrogen-bond donors (Lipinski definition) is 1. The van der Waals surface area contributed by atoms with Gasteiger partial charge in [-0.1, -0.05) is 41.9 Å². The molecule has 0 spiro atoms. The predicted molar refractivity (Wildman–Crippen MR) is 82.9 cm³/mol. The number of aromatic nitrogens is 1. The zero-order chi connectivity index (χ0) is 13.9. The third-order valence-electron chi connectivity index (χ3n) is 2.78. The highest BCUT2D eigenvalue weighted by molar-refractivity contribution is 7.84. The number of H-pyrrole nitrogens is 1. The molecule has 0 aliphatic carbocycles. The molecule has 1 atom stereocenters. The molecule has 2 aromatic carbocycles. The van der Waals surface area contributed by atoms with Crippen LogP contribution in [0.25, 0.3) is 10.1 Å². The molecular formula is C14H10N2O2S2. The molecule has 4 rings (SSSR count). The maximum Gasteiger partial charge on any atom is 0.265 e. The van der Waals surface area contributed by atoms with Crippen LogP contribution in [0.1, 0.15) is 5.56 Å². The predicted octanol–water partition coefficient (Wildman–Crippen LogP) is 2.73. The molecule has 1 aliphatic heterocycles. The fraction of sp³-hybridized carbons (Fsp3) is 0. The third kappa shape index (κ3) is 2.48. The lowest BCUT2D eigenvalue weighted by Crippen LogP contribution is -1.94. The zero-order valence-electron chi connectivity index (χ0n) is 10.3. The Kier molecular flexibility index (Phi) is 3.58. The number of nitrogens with one attached hydrogen (secondary N) is 1. The Hall–Kier alpha value is -2.05. The molecule has 20 heavy (non-hydrogen) atoms. The van der Waals surface area contributed by atoms with Crippen molar-refractivity contribution in [3.8, 4) is 0 Å². The molecule has 1 unspecified atom stereocenters. The van der Waals surface area contributed by atoms with E-state index in [1.807, 2.05) is 48.5 Å². The van der Waals surface area contributed by atoms with E-state index >= 15 is 0 Å². The lowest BCUT2D eigenvalue weighted by molar-refractivity contribution is 0.685. The van der Waals surface area contributed by atoms with Gasteiger partial charge in [0.25, 0.3) is 5.56 Å². The summed E-state index contributed by atoms with van der Waals surface area (Å²) in [6, 6.07) is 15.1. The molecule has 1 N–H and O–H groups in total. The Labute approximate surface area is 121 Å². The largest absolute Gasteiger partial charge is 0.277 e. The average Bonchev–Trinajstić information content (AvgIpc) is 3.05. The normalized spacial score (nSPS) is 15.7. The van der Waals surface area contributed by atoms with E-state index in [1.54, 1.807) is 6.21 Å². The number of hydrogen-bond acceptors (Lipinski definition) is 3. The van der Waals surface area contributed by atoms with Gasteiger partial charge >= 0.3 is 0 Å². The van der Waals surface area contributed by atoms with Crippen LogP contribution >= 0.6 is 11.5 Å². The van der Waals surface area contributed by atoms with Crippen LogP contribution in [-0.2, 0) is 11.0 Å². The van der Waals surface area contributed by atoms with Crippen molar-refractivity contribution in [3.05, 3.63) is 64.4 Å². The van der Waals surface area contributed by atoms with Crippen molar-refractivity contribution in [2.75, 3.05) is 0 Å². The van der Waals surface area contributed by atoms with Gasteiger partial charge in [-0.2, -0.15) is 4.40 Å². The lowest BCUT2D eigenvalue weighted by atomic mass is 10.2. The standard InChI is InChI=1S/2C7H5NOS/c9-10-7-4-2-1-3-6(7)5-8-10;9-7-5-3-1-2-4-6(5)10-8-7/h1-5H;1-4H,(H,8,9). The lowest BCUT2D eigenvalue weighted by Gasteiger charge is -1.90. The summed E-state index contributed by atoms with van der Waals surface area (Å²) in [5, 5.41) is 0.785. The molecule has 0 bridgehead atoms. The van der Waals surface area contributed by atoms with E-state index in [9.17, 15) is 9.00 Å². The van der Waals surface area contributed by atoms with Crippen molar-refractivity contribution < 1.29 is 4.21 Å². The summed E-state index contributed by atoms with van der Waals surface area (Å²) in [5.41, 5.74) is 0.987. The first-order valence-corrected chi connectivity index (χ1v) is 7.79. The van der Waals surface area contributed by atoms with Crippen LogP contribution in [0.4, 0.5) is 0 Å². The first-order chi connectivity index (χ1) is 9.75. The van der Waals surface area contributed by atoms with Gasteiger partial charge in [0.2, 0.25) is 0 Å². The molecule has 2 heterocycles. The summed E-state index contributed by atoms with van der Waals surface area (Å²) in [7, 11) is -1.13. The molecule has 3 aromatic rings. The van der Waals surface area contributed by atoms with E-state index in [0.29, 0.717) is 0 Å². The van der Waals surface area contributed by atoms with E-state index in [4.69, 9.17) is 0 Å². The van der Waals surface area contributed by atoms with E-state index < -0.39 is 11.0 Å². The van der Waals surface area contributed by atoms with Gasteiger partial charge in [-0.05, 0) is 18.2 Å². The van der Waals surface area contributed by atoms with Gasteiger partial charge in [0, 0.05) is 11.8 Å². The van der Waals surface area contributed by atoms with Crippen molar-refractivity contribution in [1.82, 2.24) is 4.37 Å². The van der Waals surface area contributed by atoms with Crippen molar-refractivity contribution in [2.24, 2.45) is 4.40 Å². The Bertz CT molecular complexity index is 864. The van der Waals surface area contributed by atoms with Gasteiger partial charge in [-0.15, -0.1) is 0 Å². The van der Waals surface area contributed by atoms with Crippen LogP contribution in [0, 0.1) is 0 Å². The minimum absolute atomic E-state index is 0.0144. The van der Waals surface area contributed by atoms with Gasteiger partial charge in [0.05, 0.1) is 15.0 Å². The maximum absolute atomic E-state index is 11.0. The Morgan fingerprint density at radius 2 is 1.80 bits per heavy atom. The van der Waals surface area contributed by atoms with Crippen molar-refractivity contribution in [3.63, 3.8) is 0 Å². The fourth-order valence-corrected chi connectivity index (χ4v) is 3.38. The smallest absolute Gasteiger partial charge is 0.265 e. The molecule has 0 radical (unpaired) electrons. The molecule has 0 fully saturated rings. The topological polar surface area (TPSA) is 62.3 Å². The van der Waals surface area contributed by atoms with Crippen LogP contribution in [0.5, 0.6) is 0 Å². The molecule has 0 saturated carbocycles. The fourth-order valence-electron chi connectivity index (χ4n) is 1.81. The SMILES string of the molecule is O=S1N=Cc2ccccc21.O=c1[nH]sc2ccccc12. The van der Waals surface area contributed by atoms with Crippen molar-refractivity contribution in [2.45, 2.75) is 4.90 Å². The highest BCUT2D eigenvalue weighted by Gasteiger charge is 2.11.